The summed E-state index contributed by atoms with van der Waals surface area (Å²) in [6.45, 7) is 2.06. The Morgan fingerprint density at radius 2 is 2.35 bits per heavy atom. The number of halogens is 2. The largest absolute Gasteiger partial charge is 0.497 e. The highest BCUT2D eigenvalue weighted by molar-refractivity contribution is 9.10. The third-order valence-corrected chi connectivity index (χ3v) is 3.80. The summed E-state index contributed by atoms with van der Waals surface area (Å²) < 4.78 is 19.6. The normalized spacial score (nSPS) is 20.3. The van der Waals surface area contributed by atoms with Crippen LogP contribution in [0.5, 0.6) is 5.75 Å². The van der Waals surface area contributed by atoms with Gasteiger partial charge in [-0.1, -0.05) is 0 Å². The fourth-order valence-corrected chi connectivity index (χ4v) is 2.77. The predicted octanol–water partition coefficient (Wildman–Crippen LogP) is 3.14. The first-order valence-electron chi connectivity index (χ1n) is 5.93. The van der Waals surface area contributed by atoms with E-state index in [9.17, 15) is 4.39 Å². The molecule has 0 saturated carbocycles. The van der Waals surface area contributed by atoms with Crippen LogP contribution in [0.4, 0.5) is 4.39 Å². The molecule has 0 aliphatic carbocycles. The number of hydrogen-bond donors (Lipinski definition) is 1. The Morgan fingerprint density at radius 1 is 1.53 bits per heavy atom. The van der Waals surface area contributed by atoms with E-state index in [1.54, 1.807) is 19.2 Å². The lowest BCUT2D eigenvalue weighted by Crippen LogP contribution is -2.31. The van der Waals surface area contributed by atoms with Crippen LogP contribution in [-0.4, -0.2) is 20.2 Å². The molecule has 0 aromatic heterocycles. The van der Waals surface area contributed by atoms with E-state index in [0.29, 0.717) is 16.1 Å². The molecule has 1 aliphatic heterocycles. The first kappa shape index (κ1) is 12.8. The van der Waals surface area contributed by atoms with Gasteiger partial charge in [0.15, 0.2) is 0 Å². The fourth-order valence-electron chi connectivity index (χ4n) is 2.29. The van der Waals surface area contributed by atoms with Crippen LogP contribution in [0.1, 0.15) is 18.4 Å². The number of nitrogens with one attached hydrogen (secondary N) is 1. The molecule has 1 aromatic rings. The van der Waals surface area contributed by atoms with Crippen molar-refractivity contribution in [3.8, 4) is 5.75 Å². The molecule has 0 amide bonds. The van der Waals surface area contributed by atoms with Crippen molar-refractivity contribution in [1.29, 1.82) is 0 Å². The zero-order chi connectivity index (χ0) is 12.3. The maximum absolute atomic E-state index is 14.0. The van der Waals surface area contributed by atoms with Crippen LogP contribution in [0.15, 0.2) is 16.6 Å². The van der Waals surface area contributed by atoms with Crippen LogP contribution in [-0.2, 0) is 6.42 Å². The quantitative estimate of drug-likeness (QED) is 0.926. The molecule has 1 heterocycles. The van der Waals surface area contributed by atoms with Crippen LogP contribution in [0.3, 0.4) is 0 Å². The summed E-state index contributed by atoms with van der Waals surface area (Å²) in [5.74, 6) is 1.07. The second-order valence-electron chi connectivity index (χ2n) is 4.50. The van der Waals surface area contributed by atoms with Crippen molar-refractivity contribution >= 4 is 15.9 Å². The molecule has 17 heavy (non-hydrogen) atoms. The van der Waals surface area contributed by atoms with Crippen LogP contribution >= 0.6 is 15.9 Å². The Bertz CT molecular complexity index is 391. The summed E-state index contributed by atoms with van der Waals surface area (Å²) in [4.78, 5) is 0. The molecule has 1 N–H and O–H groups in total. The van der Waals surface area contributed by atoms with Gasteiger partial charge < -0.3 is 10.1 Å². The molecule has 1 unspecified atom stereocenters. The Hall–Kier alpha value is -0.610. The molecule has 94 valence electrons. The van der Waals surface area contributed by atoms with Gasteiger partial charge in [-0.15, -0.1) is 0 Å². The van der Waals surface area contributed by atoms with Gasteiger partial charge in [-0.2, -0.15) is 0 Å². The standard InChI is InChI=1S/C13H17BrFNO/c1-17-11-6-10(13(15)12(14)7-11)5-9-3-2-4-16-8-9/h6-7,9,16H,2-5,8H2,1H3. The third kappa shape index (κ3) is 3.19. The molecular formula is C13H17BrFNO. The van der Waals surface area contributed by atoms with Crippen molar-refractivity contribution < 1.29 is 9.13 Å². The molecule has 1 fully saturated rings. The third-order valence-electron chi connectivity index (χ3n) is 3.22. The second-order valence-corrected chi connectivity index (χ2v) is 5.35. The molecule has 4 heteroatoms. The van der Waals surface area contributed by atoms with Crippen molar-refractivity contribution in [2.24, 2.45) is 5.92 Å². The highest BCUT2D eigenvalue weighted by Gasteiger charge is 2.17. The zero-order valence-electron chi connectivity index (χ0n) is 9.93. The van der Waals surface area contributed by atoms with E-state index in [-0.39, 0.29) is 5.82 Å². The Morgan fingerprint density at radius 3 is 3.00 bits per heavy atom. The minimum absolute atomic E-state index is 0.156. The van der Waals surface area contributed by atoms with Crippen molar-refractivity contribution in [1.82, 2.24) is 5.32 Å². The van der Waals surface area contributed by atoms with E-state index >= 15 is 0 Å². The average molecular weight is 302 g/mol. The predicted molar refractivity (Wildman–Crippen MR) is 69.9 cm³/mol. The van der Waals surface area contributed by atoms with E-state index in [2.05, 4.69) is 21.2 Å². The molecule has 2 nitrogen and oxygen atoms in total. The summed E-state index contributed by atoms with van der Waals surface area (Å²) in [6.07, 6.45) is 3.12. The lowest BCUT2D eigenvalue weighted by molar-refractivity contribution is 0.369. The molecule has 1 aliphatic rings. The highest BCUT2D eigenvalue weighted by atomic mass is 79.9. The number of ether oxygens (including phenoxy) is 1. The van der Waals surface area contributed by atoms with Crippen molar-refractivity contribution in [3.05, 3.63) is 28.0 Å². The summed E-state index contributed by atoms with van der Waals surface area (Å²) >= 11 is 3.23. The van der Waals surface area contributed by atoms with Gasteiger partial charge >= 0.3 is 0 Å². The smallest absolute Gasteiger partial charge is 0.140 e. The number of rotatable bonds is 3. The lowest BCUT2D eigenvalue weighted by Gasteiger charge is -2.23. The van der Waals surface area contributed by atoms with Gasteiger partial charge in [0.05, 0.1) is 11.6 Å². The van der Waals surface area contributed by atoms with Gasteiger partial charge in [0.2, 0.25) is 0 Å². The monoisotopic (exact) mass is 301 g/mol. The van der Waals surface area contributed by atoms with E-state index in [1.807, 2.05) is 0 Å². The minimum Gasteiger partial charge on any atom is -0.497 e. The molecule has 1 atom stereocenters. The zero-order valence-corrected chi connectivity index (χ0v) is 11.5. The SMILES string of the molecule is COc1cc(Br)c(F)c(CC2CCCNC2)c1. The lowest BCUT2D eigenvalue weighted by atomic mass is 9.92. The van der Waals surface area contributed by atoms with Gasteiger partial charge in [0.1, 0.15) is 11.6 Å². The van der Waals surface area contributed by atoms with Crippen LogP contribution < -0.4 is 10.1 Å². The highest BCUT2D eigenvalue weighted by Crippen LogP contribution is 2.28. The van der Waals surface area contributed by atoms with Gasteiger partial charge in [-0.3, -0.25) is 0 Å². The summed E-state index contributed by atoms with van der Waals surface area (Å²) in [6, 6.07) is 3.46. The Balaban J connectivity index is 2.15. The van der Waals surface area contributed by atoms with Gasteiger partial charge in [0.25, 0.3) is 0 Å². The van der Waals surface area contributed by atoms with E-state index in [0.717, 1.165) is 25.1 Å². The Kier molecular flexibility index (Phi) is 4.40. The maximum atomic E-state index is 14.0. The van der Waals surface area contributed by atoms with Crippen molar-refractivity contribution in [2.45, 2.75) is 19.3 Å². The first-order chi connectivity index (χ1) is 8.20. The minimum atomic E-state index is -0.156. The number of benzene rings is 1. The van der Waals surface area contributed by atoms with Crippen LogP contribution in [0.2, 0.25) is 0 Å². The van der Waals surface area contributed by atoms with Crippen LogP contribution in [0, 0.1) is 11.7 Å². The number of methoxy groups -OCH3 is 1. The summed E-state index contributed by atoms with van der Waals surface area (Å²) in [5, 5.41) is 3.35. The van der Waals surface area contributed by atoms with Crippen molar-refractivity contribution in [2.75, 3.05) is 20.2 Å². The van der Waals surface area contributed by atoms with Crippen molar-refractivity contribution in [3.63, 3.8) is 0 Å². The Labute approximate surface area is 110 Å². The molecule has 0 bridgehead atoms. The maximum Gasteiger partial charge on any atom is 0.140 e. The molecule has 1 saturated heterocycles. The van der Waals surface area contributed by atoms with E-state index in [4.69, 9.17) is 4.74 Å². The number of piperidine rings is 1. The second kappa shape index (κ2) is 5.83. The first-order valence-corrected chi connectivity index (χ1v) is 6.72. The topological polar surface area (TPSA) is 21.3 Å². The molecular weight excluding hydrogens is 285 g/mol. The summed E-state index contributed by atoms with van der Waals surface area (Å²) in [7, 11) is 1.60. The van der Waals surface area contributed by atoms with Crippen LogP contribution in [0.25, 0.3) is 0 Å². The number of hydrogen-bond acceptors (Lipinski definition) is 2. The van der Waals surface area contributed by atoms with Gasteiger partial charge in [-0.25, -0.2) is 4.39 Å². The fraction of sp³-hybridized carbons (Fsp3) is 0.538. The molecule has 0 spiro atoms. The average Bonchev–Trinajstić information content (AvgIpc) is 2.36. The molecule has 1 aromatic carbocycles. The van der Waals surface area contributed by atoms with Gasteiger partial charge in [0, 0.05) is 0 Å². The van der Waals surface area contributed by atoms with E-state index in [1.165, 1.54) is 12.8 Å². The van der Waals surface area contributed by atoms with E-state index < -0.39 is 0 Å². The molecule has 0 radical (unpaired) electrons. The summed E-state index contributed by atoms with van der Waals surface area (Å²) in [5.41, 5.74) is 0.741. The molecule has 2 rings (SSSR count). The van der Waals surface area contributed by atoms with Gasteiger partial charge in [-0.05, 0) is 71.9 Å².